The van der Waals surface area contributed by atoms with E-state index in [1.807, 2.05) is 72.8 Å². The van der Waals surface area contributed by atoms with E-state index in [9.17, 15) is 9.59 Å². The number of hydrogen-bond donors (Lipinski definition) is 1. The standard InChI is InChI=1S/C28H30N2O2/c1-3-4-15-25-20(2)26(25)27(31)29-22-18-16-21(17-19-22)28(32)30(23-11-7-5-8-12-23)24-13-9-6-10-14-24/h5-14,16-20,25-26H,3-4,15H2,1-2H3,(H,29,31)/t20-,25+,26-/m0/s1. The Hall–Kier alpha value is -3.40. The van der Waals surface area contributed by atoms with Crippen molar-refractivity contribution in [1.82, 2.24) is 0 Å². The summed E-state index contributed by atoms with van der Waals surface area (Å²) in [5.41, 5.74) is 2.91. The Morgan fingerprint density at radius 3 is 1.94 bits per heavy atom. The van der Waals surface area contributed by atoms with Gasteiger partial charge >= 0.3 is 0 Å². The average Bonchev–Trinajstić information content (AvgIpc) is 3.49. The molecule has 0 heterocycles. The van der Waals surface area contributed by atoms with E-state index in [1.54, 1.807) is 17.0 Å². The lowest BCUT2D eigenvalue weighted by Crippen LogP contribution is -2.25. The zero-order valence-corrected chi connectivity index (χ0v) is 18.7. The number of rotatable bonds is 8. The van der Waals surface area contributed by atoms with E-state index in [0.29, 0.717) is 17.4 Å². The third-order valence-corrected chi connectivity index (χ3v) is 6.39. The third-order valence-electron chi connectivity index (χ3n) is 6.39. The van der Waals surface area contributed by atoms with E-state index in [4.69, 9.17) is 0 Å². The maximum atomic E-state index is 13.4. The quantitative estimate of drug-likeness (QED) is 0.437. The highest BCUT2D eigenvalue weighted by molar-refractivity contribution is 6.11. The number of para-hydroxylation sites is 2. The molecule has 3 aromatic carbocycles. The fourth-order valence-corrected chi connectivity index (χ4v) is 4.45. The van der Waals surface area contributed by atoms with Crippen molar-refractivity contribution in [2.24, 2.45) is 17.8 Å². The molecule has 0 radical (unpaired) electrons. The lowest BCUT2D eigenvalue weighted by atomic mass is 10.1. The monoisotopic (exact) mass is 426 g/mol. The van der Waals surface area contributed by atoms with Gasteiger partial charge in [0.15, 0.2) is 0 Å². The number of nitrogens with zero attached hydrogens (tertiary/aromatic N) is 1. The van der Waals surface area contributed by atoms with Crippen LogP contribution in [0, 0.1) is 17.8 Å². The van der Waals surface area contributed by atoms with Crippen LogP contribution in [0.2, 0.25) is 0 Å². The molecule has 1 saturated carbocycles. The molecule has 4 heteroatoms. The molecule has 0 unspecified atom stereocenters. The first-order valence-corrected chi connectivity index (χ1v) is 11.5. The normalized spacial score (nSPS) is 19.2. The van der Waals surface area contributed by atoms with Crippen LogP contribution in [0.15, 0.2) is 84.9 Å². The van der Waals surface area contributed by atoms with Crippen molar-refractivity contribution < 1.29 is 9.59 Å². The van der Waals surface area contributed by atoms with Crippen LogP contribution < -0.4 is 10.2 Å². The van der Waals surface area contributed by atoms with Crippen LogP contribution in [0.1, 0.15) is 43.5 Å². The average molecular weight is 427 g/mol. The molecule has 3 aromatic rings. The highest BCUT2D eigenvalue weighted by Crippen LogP contribution is 2.49. The van der Waals surface area contributed by atoms with Crippen LogP contribution >= 0.6 is 0 Å². The summed E-state index contributed by atoms with van der Waals surface area (Å²) in [4.78, 5) is 27.8. The lowest BCUT2D eigenvalue weighted by Gasteiger charge is -2.23. The van der Waals surface area contributed by atoms with Crippen molar-refractivity contribution in [2.45, 2.75) is 33.1 Å². The van der Waals surface area contributed by atoms with Gasteiger partial charge < -0.3 is 5.32 Å². The van der Waals surface area contributed by atoms with Crippen LogP contribution in [0.25, 0.3) is 0 Å². The maximum absolute atomic E-state index is 13.4. The van der Waals surface area contributed by atoms with Gasteiger partial charge in [0.1, 0.15) is 0 Å². The largest absolute Gasteiger partial charge is 0.326 e. The highest BCUT2D eigenvalue weighted by Gasteiger charge is 2.50. The number of amides is 2. The third kappa shape index (κ3) is 4.75. The molecular formula is C28H30N2O2. The first kappa shape index (κ1) is 21.8. The molecule has 0 saturated heterocycles. The van der Waals surface area contributed by atoms with E-state index in [-0.39, 0.29) is 17.7 Å². The number of benzene rings is 3. The molecule has 1 aliphatic carbocycles. The molecule has 0 bridgehead atoms. The minimum Gasteiger partial charge on any atom is -0.326 e. The van der Waals surface area contributed by atoms with Gasteiger partial charge in [-0.3, -0.25) is 14.5 Å². The fraction of sp³-hybridized carbons (Fsp3) is 0.286. The van der Waals surface area contributed by atoms with E-state index in [0.717, 1.165) is 29.9 Å². The van der Waals surface area contributed by atoms with Crippen LogP contribution in [0.4, 0.5) is 17.1 Å². The summed E-state index contributed by atoms with van der Waals surface area (Å²) in [7, 11) is 0. The summed E-state index contributed by atoms with van der Waals surface area (Å²) in [6.45, 7) is 4.34. The van der Waals surface area contributed by atoms with Gasteiger partial charge in [0.05, 0.1) is 0 Å². The van der Waals surface area contributed by atoms with E-state index in [1.165, 1.54) is 6.42 Å². The summed E-state index contributed by atoms with van der Waals surface area (Å²) in [5, 5.41) is 3.04. The molecule has 1 N–H and O–H groups in total. The van der Waals surface area contributed by atoms with Crippen molar-refractivity contribution >= 4 is 28.9 Å². The molecule has 164 valence electrons. The van der Waals surface area contributed by atoms with Gasteiger partial charge in [-0.15, -0.1) is 0 Å². The Morgan fingerprint density at radius 2 is 1.41 bits per heavy atom. The predicted octanol–water partition coefficient (Wildman–Crippen LogP) is 6.68. The predicted molar refractivity (Wildman–Crippen MR) is 130 cm³/mol. The number of unbranched alkanes of at least 4 members (excludes halogenated alkanes) is 1. The second-order valence-electron chi connectivity index (χ2n) is 8.57. The van der Waals surface area contributed by atoms with Crippen molar-refractivity contribution in [3.8, 4) is 0 Å². The lowest BCUT2D eigenvalue weighted by molar-refractivity contribution is -0.117. The van der Waals surface area contributed by atoms with Crippen molar-refractivity contribution in [1.29, 1.82) is 0 Å². The molecule has 1 fully saturated rings. The minimum absolute atomic E-state index is 0.0906. The zero-order chi connectivity index (χ0) is 22.5. The molecule has 4 nitrogen and oxygen atoms in total. The molecule has 0 aromatic heterocycles. The smallest absolute Gasteiger partial charge is 0.262 e. The molecule has 2 amide bonds. The second kappa shape index (κ2) is 9.82. The van der Waals surface area contributed by atoms with Gasteiger partial charge in [-0.1, -0.05) is 63.1 Å². The Morgan fingerprint density at radius 1 is 0.844 bits per heavy atom. The first-order valence-electron chi connectivity index (χ1n) is 11.5. The van der Waals surface area contributed by atoms with Gasteiger partial charge in [0.25, 0.3) is 5.91 Å². The number of nitrogens with one attached hydrogen (secondary N) is 1. The molecule has 0 aliphatic heterocycles. The molecule has 1 aliphatic rings. The summed E-state index contributed by atoms with van der Waals surface area (Å²) in [6.07, 6.45) is 3.46. The van der Waals surface area contributed by atoms with Gasteiger partial charge in [0, 0.05) is 28.5 Å². The number of anilines is 3. The van der Waals surface area contributed by atoms with Gasteiger partial charge in [-0.2, -0.15) is 0 Å². The van der Waals surface area contributed by atoms with Gasteiger partial charge in [-0.25, -0.2) is 0 Å². The van der Waals surface area contributed by atoms with E-state index >= 15 is 0 Å². The SMILES string of the molecule is CCCC[C@@H]1[C@H](C)[C@@H]1C(=O)Nc1ccc(C(=O)N(c2ccccc2)c2ccccc2)cc1. The summed E-state index contributed by atoms with van der Waals surface area (Å²) in [5.74, 6) is 1.03. The Balaban J connectivity index is 1.48. The topological polar surface area (TPSA) is 49.4 Å². The van der Waals surface area contributed by atoms with Gasteiger partial charge in [-0.05, 0) is 66.8 Å². The van der Waals surface area contributed by atoms with Crippen LogP contribution in [-0.4, -0.2) is 11.8 Å². The molecule has 32 heavy (non-hydrogen) atoms. The van der Waals surface area contributed by atoms with E-state index in [2.05, 4.69) is 19.2 Å². The second-order valence-corrected chi connectivity index (χ2v) is 8.57. The van der Waals surface area contributed by atoms with Crippen LogP contribution in [0.3, 0.4) is 0 Å². The number of carbonyl (C=O) groups is 2. The Labute approximate surface area is 190 Å². The molecular weight excluding hydrogens is 396 g/mol. The number of carbonyl (C=O) groups excluding carboxylic acids is 2. The highest BCUT2D eigenvalue weighted by atomic mass is 16.2. The van der Waals surface area contributed by atoms with Crippen LogP contribution in [0.5, 0.6) is 0 Å². The molecule has 4 rings (SSSR count). The first-order chi connectivity index (χ1) is 15.6. The molecule has 3 atom stereocenters. The number of hydrogen-bond acceptors (Lipinski definition) is 2. The Kier molecular flexibility index (Phi) is 6.69. The van der Waals surface area contributed by atoms with Crippen molar-refractivity contribution in [3.63, 3.8) is 0 Å². The van der Waals surface area contributed by atoms with Crippen molar-refractivity contribution in [3.05, 3.63) is 90.5 Å². The molecule has 0 spiro atoms. The van der Waals surface area contributed by atoms with Crippen LogP contribution in [-0.2, 0) is 4.79 Å². The van der Waals surface area contributed by atoms with Gasteiger partial charge in [0.2, 0.25) is 5.91 Å². The maximum Gasteiger partial charge on any atom is 0.262 e. The minimum atomic E-state index is -0.115. The zero-order valence-electron chi connectivity index (χ0n) is 18.7. The Bertz CT molecular complexity index is 1010. The van der Waals surface area contributed by atoms with E-state index < -0.39 is 0 Å². The summed E-state index contributed by atoms with van der Waals surface area (Å²) >= 11 is 0. The summed E-state index contributed by atoms with van der Waals surface area (Å²) in [6, 6.07) is 26.4. The fourth-order valence-electron chi connectivity index (χ4n) is 4.45. The van der Waals surface area contributed by atoms with Crippen molar-refractivity contribution in [2.75, 3.05) is 10.2 Å². The summed E-state index contributed by atoms with van der Waals surface area (Å²) < 4.78 is 0.